The monoisotopic (exact) mass is 429 g/mol. The Hall–Kier alpha value is -1.97. The summed E-state index contributed by atoms with van der Waals surface area (Å²) in [6.07, 6.45) is 0. The van der Waals surface area contributed by atoms with Crippen LogP contribution in [0.5, 0.6) is 0 Å². The van der Waals surface area contributed by atoms with Crippen LogP contribution in [0.2, 0.25) is 0 Å². The lowest BCUT2D eigenvalue weighted by Gasteiger charge is -2.27. The molecule has 0 aliphatic heterocycles. The number of halogens is 2. The third kappa shape index (κ3) is 4.56. The van der Waals surface area contributed by atoms with Crippen molar-refractivity contribution >= 4 is 43.4 Å². The van der Waals surface area contributed by atoms with Gasteiger partial charge in [0.15, 0.2) is 0 Å². The normalized spacial score (nSPS) is 11.4. The molecule has 0 saturated heterocycles. The molecule has 0 heterocycles. The van der Waals surface area contributed by atoms with Gasteiger partial charge in [0.05, 0.1) is 11.4 Å². The van der Waals surface area contributed by atoms with Crippen LogP contribution in [0.3, 0.4) is 0 Å². The number of carbonyl (C=O) groups excluding carboxylic acids is 1. The number of para-hydroxylation sites is 2. The van der Waals surface area contributed by atoms with E-state index in [0.717, 1.165) is 14.7 Å². The maximum atomic E-state index is 14.1. The van der Waals surface area contributed by atoms with Crippen LogP contribution in [0, 0.1) is 5.82 Å². The van der Waals surface area contributed by atoms with E-state index in [1.807, 2.05) is 0 Å². The predicted molar refractivity (Wildman–Crippen MR) is 99.1 cm³/mol. The molecule has 2 aromatic carbocycles. The number of amides is 1. The molecule has 0 radical (unpaired) electrons. The first-order valence-electron chi connectivity index (χ1n) is 7.22. The van der Waals surface area contributed by atoms with Crippen LogP contribution in [-0.4, -0.2) is 39.3 Å². The number of benzene rings is 2. The summed E-state index contributed by atoms with van der Waals surface area (Å²) in [5.74, 6) is -1.33. The lowest BCUT2D eigenvalue weighted by molar-refractivity contribution is -0.114. The Bertz CT molecular complexity index is 874. The summed E-state index contributed by atoms with van der Waals surface area (Å²) in [7, 11) is -1.43. The predicted octanol–water partition coefficient (Wildman–Crippen LogP) is 2.84. The first kappa shape index (κ1) is 19.4. The lowest BCUT2D eigenvalue weighted by Crippen LogP contribution is -2.44. The van der Waals surface area contributed by atoms with E-state index < -0.39 is 28.5 Å². The number of nitrogens with zero attached hydrogens (tertiary/aromatic N) is 2. The minimum absolute atomic E-state index is 0.196. The molecule has 0 aliphatic carbocycles. The molecule has 0 bridgehead atoms. The van der Waals surface area contributed by atoms with Gasteiger partial charge >= 0.3 is 10.2 Å². The number of hydrogen-bond acceptors (Lipinski definition) is 3. The molecule has 0 aliphatic rings. The molecule has 0 aromatic heterocycles. The molecule has 0 fully saturated rings. The second-order valence-corrected chi connectivity index (χ2v) is 8.20. The van der Waals surface area contributed by atoms with Crippen molar-refractivity contribution in [1.29, 1.82) is 0 Å². The standard InChI is InChI=1S/C16H17BrFN3O3S/c1-20(2)25(23,24)21(15-10-6-4-8-13(15)18)11-16(22)19-14-9-5-3-7-12(14)17/h3-10H,11H2,1-2H3,(H,19,22). The Balaban J connectivity index is 2.33. The van der Waals surface area contributed by atoms with Gasteiger partial charge in [0.1, 0.15) is 12.4 Å². The third-order valence-electron chi connectivity index (χ3n) is 3.30. The summed E-state index contributed by atoms with van der Waals surface area (Å²) in [5.41, 5.74) is 0.293. The topological polar surface area (TPSA) is 69.7 Å². The average Bonchev–Trinajstić information content (AvgIpc) is 2.55. The van der Waals surface area contributed by atoms with Crippen molar-refractivity contribution in [3.8, 4) is 0 Å². The second kappa shape index (κ2) is 7.94. The molecule has 6 nitrogen and oxygen atoms in total. The summed E-state index contributed by atoms with van der Waals surface area (Å²) in [5, 5.41) is 2.61. The van der Waals surface area contributed by atoms with Gasteiger partial charge in [0, 0.05) is 18.6 Å². The van der Waals surface area contributed by atoms with Gasteiger partial charge in [-0.1, -0.05) is 24.3 Å². The molecule has 2 rings (SSSR count). The smallest absolute Gasteiger partial charge is 0.304 e. The minimum atomic E-state index is -4.06. The van der Waals surface area contributed by atoms with Crippen LogP contribution in [0.1, 0.15) is 0 Å². The van der Waals surface area contributed by atoms with Gasteiger partial charge in [-0.2, -0.15) is 12.7 Å². The van der Waals surface area contributed by atoms with Crippen molar-refractivity contribution in [2.45, 2.75) is 0 Å². The fourth-order valence-electron chi connectivity index (χ4n) is 2.02. The highest BCUT2D eigenvalue weighted by atomic mass is 79.9. The van der Waals surface area contributed by atoms with E-state index in [0.29, 0.717) is 10.2 Å². The van der Waals surface area contributed by atoms with E-state index in [9.17, 15) is 17.6 Å². The van der Waals surface area contributed by atoms with E-state index >= 15 is 0 Å². The molecule has 9 heteroatoms. The summed E-state index contributed by atoms with van der Waals surface area (Å²) < 4.78 is 41.5. The Labute approximate surface area is 154 Å². The van der Waals surface area contributed by atoms with Crippen molar-refractivity contribution < 1.29 is 17.6 Å². The fourth-order valence-corrected chi connectivity index (χ4v) is 3.48. The highest BCUT2D eigenvalue weighted by Gasteiger charge is 2.29. The van der Waals surface area contributed by atoms with Crippen molar-refractivity contribution in [1.82, 2.24) is 4.31 Å². The molecule has 0 atom stereocenters. The van der Waals surface area contributed by atoms with Gasteiger partial charge in [-0.25, -0.2) is 8.70 Å². The van der Waals surface area contributed by atoms with E-state index in [1.165, 1.54) is 32.3 Å². The SMILES string of the molecule is CN(C)S(=O)(=O)N(CC(=O)Nc1ccccc1Br)c1ccccc1F. The first-order chi connectivity index (χ1) is 11.7. The zero-order valence-corrected chi connectivity index (χ0v) is 16.0. The van der Waals surface area contributed by atoms with Gasteiger partial charge in [-0.05, 0) is 40.2 Å². The maximum Gasteiger partial charge on any atom is 0.304 e. The third-order valence-corrected chi connectivity index (χ3v) is 5.79. The lowest BCUT2D eigenvalue weighted by atomic mass is 10.3. The van der Waals surface area contributed by atoms with Gasteiger partial charge in [0.25, 0.3) is 0 Å². The van der Waals surface area contributed by atoms with Crippen LogP contribution in [-0.2, 0) is 15.0 Å². The van der Waals surface area contributed by atoms with E-state index in [1.54, 1.807) is 24.3 Å². The number of nitrogens with one attached hydrogen (secondary N) is 1. The van der Waals surface area contributed by atoms with Crippen molar-refractivity contribution in [2.24, 2.45) is 0 Å². The quantitative estimate of drug-likeness (QED) is 0.767. The molecule has 25 heavy (non-hydrogen) atoms. The number of carbonyl (C=O) groups is 1. The van der Waals surface area contributed by atoms with Gasteiger partial charge in [-0.15, -0.1) is 0 Å². The van der Waals surface area contributed by atoms with Crippen LogP contribution in [0.4, 0.5) is 15.8 Å². The summed E-state index contributed by atoms with van der Waals surface area (Å²) >= 11 is 3.30. The highest BCUT2D eigenvalue weighted by Crippen LogP contribution is 2.24. The molecule has 0 spiro atoms. The van der Waals surface area contributed by atoms with Gasteiger partial charge in [-0.3, -0.25) is 4.79 Å². The first-order valence-corrected chi connectivity index (χ1v) is 9.41. The molecule has 1 N–H and O–H groups in total. The van der Waals surface area contributed by atoms with Crippen molar-refractivity contribution in [3.63, 3.8) is 0 Å². The Morgan fingerprint density at radius 1 is 1.12 bits per heavy atom. The Kier molecular flexibility index (Phi) is 6.15. The number of anilines is 2. The fraction of sp³-hybridized carbons (Fsp3) is 0.188. The Morgan fingerprint density at radius 2 is 1.72 bits per heavy atom. The van der Waals surface area contributed by atoms with Gasteiger partial charge < -0.3 is 5.32 Å². The van der Waals surface area contributed by atoms with Crippen LogP contribution in [0.25, 0.3) is 0 Å². The number of hydrogen-bond donors (Lipinski definition) is 1. The average molecular weight is 430 g/mol. The van der Waals surface area contributed by atoms with E-state index in [-0.39, 0.29) is 5.69 Å². The minimum Gasteiger partial charge on any atom is -0.323 e. The molecule has 2 aromatic rings. The summed E-state index contributed by atoms with van der Waals surface area (Å²) in [6.45, 7) is -0.567. The van der Waals surface area contributed by atoms with Crippen LogP contribution < -0.4 is 9.62 Å². The zero-order valence-electron chi connectivity index (χ0n) is 13.6. The van der Waals surface area contributed by atoms with Crippen molar-refractivity contribution in [2.75, 3.05) is 30.3 Å². The van der Waals surface area contributed by atoms with Crippen molar-refractivity contribution in [3.05, 3.63) is 58.8 Å². The highest BCUT2D eigenvalue weighted by molar-refractivity contribution is 9.10. The van der Waals surface area contributed by atoms with E-state index in [2.05, 4.69) is 21.2 Å². The van der Waals surface area contributed by atoms with E-state index in [4.69, 9.17) is 0 Å². The molecule has 0 unspecified atom stereocenters. The summed E-state index contributed by atoms with van der Waals surface area (Å²) in [6, 6.07) is 12.3. The molecular formula is C16H17BrFN3O3S. The molecular weight excluding hydrogens is 413 g/mol. The Morgan fingerprint density at radius 3 is 2.32 bits per heavy atom. The maximum absolute atomic E-state index is 14.1. The molecule has 0 saturated carbocycles. The zero-order chi connectivity index (χ0) is 18.6. The number of rotatable bonds is 6. The second-order valence-electron chi connectivity index (χ2n) is 5.28. The van der Waals surface area contributed by atoms with Crippen LogP contribution >= 0.6 is 15.9 Å². The summed E-state index contributed by atoms with van der Waals surface area (Å²) in [4.78, 5) is 12.3. The van der Waals surface area contributed by atoms with Gasteiger partial charge in [0.2, 0.25) is 5.91 Å². The largest absolute Gasteiger partial charge is 0.323 e. The molecule has 1 amide bonds. The van der Waals surface area contributed by atoms with Crippen LogP contribution in [0.15, 0.2) is 53.0 Å². The molecule has 134 valence electrons.